The van der Waals surface area contributed by atoms with Gasteiger partial charge in [0, 0.05) is 30.0 Å². The van der Waals surface area contributed by atoms with E-state index in [4.69, 9.17) is 16.3 Å². The fraction of sp³-hybridized carbons (Fsp3) is 0.400. The van der Waals surface area contributed by atoms with E-state index in [-0.39, 0.29) is 18.0 Å². The Hall–Kier alpha value is -2.67. The van der Waals surface area contributed by atoms with Crippen LogP contribution in [0, 0.1) is 0 Å². The lowest BCUT2D eigenvalue weighted by molar-refractivity contribution is -0.141. The van der Waals surface area contributed by atoms with Crippen LogP contribution in [0.5, 0.6) is 0 Å². The van der Waals surface area contributed by atoms with E-state index in [0.717, 1.165) is 19.3 Å². The molecule has 7 nitrogen and oxygen atoms in total. The minimum atomic E-state index is -0.515. The summed E-state index contributed by atoms with van der Waals surface area (Å²) >= 11 is 6.04. The highest BCUT2D eigenvalue weighted by molar-refractivity contribution is 6.31. The number of hydrogen-bond donors (Lipinski definition) is 1. The van der Waals surface area contributed by atoms with Crippen molar-refractivity contribution in [3.05, 3.63) is 45.5 Å². The SMILES string of the molecule is CCCCCc1nc(-c2ccc(Cl)cc2NC(C)=O)cc(=O)n1CC(=O)OC. The zero-order chi connectivity index (χ0) is 20.7. The van der Waals surface area contributed by atoms with Crippen LogP contribution in [0.15, 0.2) is 29.1 Å². The number of nitrogens with one attached hydrogen (secondary N) is 1. The third-order valence-electron chi connectivity index (χ3n) is 4.17. The zero-order valence-electron chi connectivity index (χ0n) is 16.3. The number of anilines is 1. The Morgan fingerprint density at radius 2 is 2.00 bits per heavy atom. The first-order valence-corrected chi connectivity index (χ1v) is 9.48. The molecule has 1 aromatic carbocycles. The van der Waals surface area contributed by atoms with Gasteiger partial charge in [0.25, 0.3) is 5.56 Å². The van der Waals surface area contributed by atoms with Crippen LogP contribution in [0.25, 0.3) is 11.3 Å². The van der Waals surface area contributed by atoms with Crippen LogP contribution in [-0.4, -0.2) is 28.5 Å². The summed E-state index contributed by atoms with van der Waals surface area (Å²) in [5.41, 5.74) is 1.11. The minimum absolute atomic E-state index is 0.191. The Morgan fingerprint density at radius 1 is 1.25 bits per heavy atom. The number of ether oxygens (including phenoxy) is 1. The number of benzene rings is 1. The first-order valence-electron chi connectivity index (χ1n) is 9.10. The maximum Gasteiger partial charge on any atom is 0.325 e. The Bertz CT molecular complexity index is 924. The molecular weight excluding hydrogens is 382 g/mol. The first kappa shape index (κ1) is 21.6. The van der Waals surface area contributed by atoms with Crippen LogP contribution in [0.4, 0.5) is 5.69 Å². The maximum absolute atomic E-state index is 12.7. The van der Waals surface area contributed by atoms with Gasteiger partial charge in [0.2, 0.25) is 5.91 Å². The molecular formula is C20H24ClN3O4. The highest BCUT2D eigenvalue weighted by Crippen LogP contribution is 2.29. The van der Waals surface area contributed by atoms with Crippen molar-refractivity contribution in [1.29, 1.82) is 0 Å². The number of aryl methyl sites for hydroxylation is 1. The summed E-state index contributed by atoms with van der Waals surface area (Å²) in [4.78, 5) is 40.6. The quantitative estimate of drug-likeness (QED) is 0.536. The van der Waals surface area contributed by atoms with Gasteiger partial charge in [0.05, 0.1) is 18.5 Å². The second-order valence-electron chi connectivity index (χ2n) is 6.39. The fourth-order valence-electron chi connectivity index (χ4n) is 2.81. The fourth-order valence-corrected chi connectivity index (χ4v) is 2.98. The van der Waals surface area contributed by atoms with Crippen LogP contribution in [-0.2, 0) is 27.3 Å². The van der Waals surface area contributed by atoms with E-state index >= 15 is 0 Å². The molecule has 0 radical (unpaired) electrons. The standard InChI is InChI=1S/C20H24ClN3O4/c1-4-5-6-7-18-23-17(11-19(26)24(18)12-20(27)28-3)15-9-8-14(21)10-16(15)22-13(2)25/h8-11H,4-7,12H2,1-3H3,(H,22,25). The van der Waals surface area contributed by atoms with Gasteiger partial charge >= 0.3 is 5.97 Å². The number of rotatable bonds is 8. The van der Waals surface area contributed by atoms with Crippen molar-refractivity contribution >= 4 is 29.2 Å². The Kier molecular flexibility index (Phi) is 7.75. The molecule has 0 saturated carbocycles. The molecule has 2 aromatic rings. The molecule has 150 valence electrons. The Balaban J connectivity index is 2.55. The number of unbranched alkanes of at least 4 members (excludes halogenated alkanes) is 2. The second-order valence-corrected chi connectivity index (χ2v) is 6.82. The highest BCUT2D eigenvalue weighted by atomic mass is 35.5. The van der Waals surface area contributed by atoms with Gasteiger partial charge in [-0.05, 0) is 24.6 Å². The van der Waals surface area contributed by atoms with E-state index in [2.05, 4.69) is 17.2 Å². The molecule has 0 aliphatic rings. The summed E-state index contributed by atoms with van der Waals surface area (Å²) in [6.45, 7) is 3.28. The van der Waals surface area contributed by atoms with Crippen LogP contribution >= 0.6 is 11.6 Å². The van der Waals surface area contributed by atoms with Crippen molar-refractivity contribution in [1.82, 2.24) is 9.55 Å². The number of methoxy groups -OCH3 is 1. The van der Waals surface area contributed by atoms with Gasteiger partial charge in [-0.25, -0.2) is 4.98 Å². The molecule has 2 rings (SSSR count). The molecule has 1 N–H and O–H groups in total. The summed E-state index contributed by atoms with van der Waals surface area (Å²) in [5.74, 6) is -0.269. The molecule has 1 amide bonds. The monoisotopic (exact) mass is 405 g/mol. The lowest BCUT2D eigenvalue weighted by atomic mass is 10.1. The number of aromatic nitrogens is 2. The lowest BCUT2D eigenvalue weighted by Crippen LogP contribution is -2.29. The predicted octanol–water partition coefficient (Wildman–Crippen LogP) is 3.43. The average Bonchev–Trinajstić information content (AvgIpc) is 2.63. The number of hydrogen-bond acceptors (Lipinski definition) is 5. The van der Waals surface area contributed by atoms with E-state index in [1.54, 1.807) is 18.2 Å². The van der Waals surface area contributed by atoms with Crippen LogP contribution in [0.3, 0.4) is 0 Å². The molecule has 0 aliphatic carbocycles. The van der Waals surface area contributed by atoms with Gasteiger partial charge in [-0.2, -0.15) is 0 Å². The van der Waals surface area contributed by atoms with Crippen molar-refractivity contribution in [3.63, 3.8) is 0 Å². The van der Waals surface area contributed by atoms with Crippen molar-refractivity contribution < 1.29 is 14.3 Å². The normalized spacial score (nSPS) is 10.6. The third-order valence-corrected chi connectivity index (χ3v) is 4.41. The van der Waals surface area contributed by atoms with Crippen molar-refractivity contribution in [2.75, 3.05) is 12.4 Å². The second kappa shape index (κ2) is 10.0. The largest absolute Gasteiger partial charge is 0.468 e. The van der Waals surface area contributed by atoms with Crippen molar-refractivity contribution in [2.45, 2.75) is 46.1 Å². The number of esters is 1. The van der Waals surface area contributed by atoms with E-state index in [1.165, 1.54) is 24.7 Å². The van der Waals surface area contributed by atoms with Crippen LogP contribution in [0.2, 0.25) is 5.02 Å². The summed E-state index contributed by atoms with van der Waals surface area (Å²) in [6, 6.07) is 6.33. The molecule has 1 heterocycles. The van der Waals surface area contributed by atoms with Gasteiger partial charge in [0.15, 0.2) is 0 Å². The minimum Gasteiger partial charge on any atom is -0.468 e. The molecule has 0 aliphatic heterocycles. The molecule has 0 spiro atoms. The Labute approximate surface area is 168 Å². The molecule has 8 heteroatoms. The van der Waals surface area contributed by atoms with Crippen LogP contribution < -0.4 is 10.9 Å². The smallest absolute Gasteiger partial charge is 0.325 e. The third kappa shape index (κ3) is 5.66. The number of carbonyl (C=O) groups excluding carboxylic acids is 2. The number of nitrogens with zero attached hydrogens (tertiary/aromatic N) is 2. The number of amides is 1. The molecule has 0 unspecified atom stereocenters. The summed E-state index contributed by atoms with van der Waals surface area (Å²) in [7, 11) is 1.28. The highest BCUT2D eigenvalue weighted by Gasteiger charge is 2.16. The lowest BCUT2D eigenvalue weighted by Gasteiger charge is -2.15. The van der Waals surface area contributed by atoms with Crippen molar-refractivity contribution in [2.24, 2.45) is 0 Å². The summed E-state index contributed by atoms with van der Waals surface area (Å²) < 4.78 is 6.02. The van der Waals surface area contributed by atoms with Gasteiger partial charge in [-0.1, -0.05) is 31.4 Å². The molecule has 1 aromatic heterocycles. The van der Waals surface area contributed by atoms with Gasteiger partial charge in [-0.15, -0.1) is 0 Å². The van der Waals surface area contributed by atoms with Gasteiger partial charge in [-0.3, -0.25) is 19.0 Å². The maximum atomic E-state index is 12.7. The number of halogens is 1. The topological polar surface area (TPSA) is 90.3 Å². The average molecular weight is 406 g/mol. The molecule has 0 fully saturated rings. The predicted molar refractivity (Wildman–Crippen MR) is 108 cm³/mol. The van der Waals surface area contributed by atoms with Crippen LogP contribution in [0.1, 0.15) is 38.9 Å². The van der Waals surface area contributed by atoms with Gasteiger partial charge < -0.3 is 10.1 Å². The van der Waals surface area contributed by atoms with E-state index in [1.807, 2.05) is 0 Å². The van der Waals surface area contributed by atoms with E-state index in [9.17, 15) is 14.4 Å². The van der Waals surface area contributed by atoms with E-state index < -0.39 is 5.97 Å². The molecule has 0 atom stereocenters. The van der Waals surface area contributed by atoms with Crippen molar-refractivity contribution in [3.8, 4) is 11.3 Å². The molecule has 0 bridgehead atoms. The zero-order valence-corrected chi connectivity index (χ0v) is 17.0. The van der Waals surface area contributed by atoms with Gasteiger partial charge in [0.1, 0.15) is 12.4 Å². The molecule has 28 heavy (non-hydrogen) atoms. The van der Waals surface area contributed by atoms with E-state index in [0.29, 0.717) is 34.2 Å². The Morgan fingerprint density at radius 3 is 2.64 bits per heavy atom. The summed E-state index contributed by atoms with van der Waals surface area (Å²) in [6.07, 6.45) is 3.39. The summed E-state index contributed by atoms with van der Waals surface area (Å²) in [5, 5.41) is 3.17. The number of carbonyl (C=O) groups is 2. The molecule has 0 saturated heterocycles. The first-order chi connectivity index (χ1) is 13.3.